The van der Waals surface area contributed by atoms with Crippen LogP contribution in [0.5, 0.6) is 0 Å². The smallest absolute Gasteiger partial charge is 0.194 e. The van der Waals surface area contributed by atoms with Crippen LogP contribution >= 0.6 is 0 Å². The van der Waals surface area contributed by atoms with Crippen molar-refractivity contribution in [1.29, 1.82) is 0 Å². The van der Waals surface area contributed by atoms with E-state index in [0.717, 1.165) is 0 Å². The van der Waals surface area contributed by atoms with Gasteiger partial charge in [0, 0.05) is 23.1 Å². The second-order valence-electron chi connectivity index (χ2n) is 8.02. The van der Waals surface area contributed by atoms with Crippen molar-refractivity contribution in [3.8, 4) is 11.3 Å². The number of fused-ring (bicyclic) bond motifs is 1. The molecule has 0 saturated heterocycles. The fourth-order valence-electron chi connectivity index (χ4n) is 3.62. The van der Waals surface area contributed by atoms with Crippen molar-refractivity contribution in [1.82, 2.24) is 0 Å². The molecule has 3 rings (SSSR count). The van der Waals surface area contributed by atoms with Gasteiger partial charge in [0.15, 0.2) is 0 Å². The summed E-state index contributed by atoms with van der Waals surface area (Å²) in [5, 5.41) is 2.95. The standard InChI is InChI=1S/C22H28NSi/c1-15-12-16(2)17(3)19(13-15)21-14-22(24(5,6)7)18-10-8-9-11-20(18)23(21)4/h8-14H,1-7H3/q+1. The number of nitrogens with zero attached hydrogens (tertiary/aromatic N) is 1. The molecule has 0 fully saturated rings. The maximum absolute atomic E-state index is 2.45. The zero-order valence-corrected chi connectivity index (χ0v) is 17.0. The Balaban J connectivity index is 2.45. The molecule has 0 spiro atoms. The van der Waals surface area contributed by atoms with Crippen LogP contribution in [0, 0.1) is 20.8 Å². The summed E-state index contributed by atoms with van der Waals surface area (Å²) in [6.45, 7) is 14.0. The predicted molar refractivity (Wildman–Crippen MR) is 108 cm³/mol. The van der Waals surface area contributed by atoms with Crippen molar-refractivity contribution in [3.05, 3.63) is 59.2 Å². The molecule has 0 saturated carbocycles. The van der Waals surface area contributed by atoms with E-state index in [2.05, 4.69) is 94.5 Å². The van der Waals surface area contributed by atoms with E-state index in [-0.39, 0.29) is 0 Å². The van der Waals surface area contributed by atoms with Crippen LogP contribution in [0.3, 0.4) is 0 Å². The summed E-state index contributed by atoms with van der Waals surface area (Å²) in [7, 11) is 0.754. The minimum absolute atomic E-state index is 1.32. The topological polar surface area (TPSA) is 3.88 Å². The van der Waals surface area contributed by atoms with E-state index in [4.69, 9.17) is 0 Å². The van der Waals surface area contributed by atoms with Gasteiger partial charge in [-0.05, 0) is 49.2 Å². The van der Waals surface area contributed by atoms with Gasteiger partial charge >= 0.3 is 0 Å². The van der Waals surface area contributed by atoms with Crippen molar-refractivity contribution in [3.63, 3.8) is 0 Å². The van der Waals surface area contributed by atoms with Gasteiger partial charge in [0.25, 0.3) is 0 Å². The molecule has 1 heterocycles. The maximum Gasteiger partial charge on any atom is 0.212 e. The number of pyridine rings is 1. The third kappa shape index (κ3) is 2.80. The normalized spacial score (nSPS) is 12.0. The van der Waals surface area contributed by atoms with Crippen LogP contribution in [0.4, 0.5) is 0 Å². The highest BCUT2D eigenvalue weighted by Gasteiger charge is 2.26. The molecule has 124 valence electrons. The predicted octanol–water partition coefficient (Wildman–Crippen LogP) is 4.80. The lowest BCUT2D eigenvalue weighted by Gasteiger charge is -2.20. The van der Waals surface area contributed by atoms with Crippen LogP contribution in [0.25, 0.3) is 22.2 Å². The summed E-state index contributed by atoms with van der Waals surface area (Å²) in [5.41, 5.74) is 8.10. The lowest BCUT2D eigenvalue weighted by Crippen LogP contribution is -2.43. The van der Waals surface area contributed by atoms with Crippen molar-refractivity contribution >= 4 is 24.2 Å². The average Bonchev–Trinajstić information content (AvgIpc) is 2.50. The highest BCUT2D eigenvalue weighted by atomic mass is 28.3. The minimum Gasteiger partial charge on any atom is -0.194 e. The largest absolute Gasteiger partial charge is 0.212 e. The van der Waals surface area contributed by atoms with Gasteiger partial charge < -0.3 is 0 Å². The number of benzene rings is 2. The van der Waals surface area contributed by atoms with Crippen LogP contribution in [-0.2, 0) is 7.05 Å². The van der Waals surface area contributed by atoms with E-state index in [1.54, 1.807) is 5.19 Å². The molecule has 1 aromatic heterocycles. The highest BCUT2D eigenvalue weighted by molar-refractivity contribution is 6.90. The first-order chi connectivity index (χ1) is 11.2. The molecule has 2 aromatic carbocycles. The van der Waals surface area contributed by atoms with E-state index in [1.165, 1.54) is 38.9 Å². The van der Waals surface area contributed by atoms with Gasteiger partial charge in [-0.1, -0.05) is 43.4 Å². The van der Waals surface area contributed by atoms with E-state index in [0.29, 0.717) is 0 Å². The Hall–Kier alpha value is -1.93. The molecule has 0 aliphatic rings. The summed E-state index contributed by atoms with van der Waals surface area (Å²) in [4.78, 5) is 0. The molecule has 0 amide bonds. The number of para-hydroxylation sites is 1. The quantitative estimate of drug-likeness (QED) is 0.468. The number of hydrogen-bond donors (Lipinski definition) is 0. The van der Waals surface area contributed by atoms with Crippen LogP contribution in [-0.4, -0.2) is 8.07 Å². The Bertz CT molecular complexity index is 933. The van der Waals surface area contributed by atoms with Gasteiger partial charge in [-0.3, -0.25) is 0 Å². The van der Waals surface area contributed by atoms with E-state index >= 15 is 0 Å². The summed E-state index contributed by atoms with van der Waals surface area (Å²) in [6.07, 6.45) is 0. The number of aryl methyl sites for hydroxylation is 3. The Labute approximate surface area is 147 Å². The fraction of sp³-hybridized carbons (Fsp3) is 0.318. The summed E-state index contributed by atoms with van der Waals surface area (Å²) in [5.74, 6) is 0. The fourth-order valence-corrected chi connectivity index (χ4v) is 5.21. The zero-order chi connectivity index (χ0) is 17.6. The molecule has 3 aromatic rings. The first-order valence-electron chi connectivity index (χ1n) is 8.70. The van der Waals surface area contributed by atoms with Crippen LogP contribution in [0.2, 0.25) is 19.6 Å². The molecule has 24 heavy (non-hydrogen) atoms. The Morgan fingerprint density at radius 2 is 1.54 bits per heavy atom. The number of aromatic nitrogens is 1. The van der Waals surface area contributed by atoms with Crippen LogP contribution in [0.15, 0.2) is 42.5 Å². The van der Waals surface area contributed by atoms with Crippen molar-refractivity contribution in [2.24, 2.45) is 7.05 Å². The van der Waals surface area contributed by atoms with E-state index in [1.807, 2.05) is 0 Å². The number of hydrogen-bond acceptors (Lipinski definition) is 0. The Morgan fingerprint density at radius 3 is 2.21 bits per heavy atom. The van der Waals surface area contributed by atoms with Crippen LogP contribution < -0.4 is 9.75 Å². The molecular weight excluding hydrogens is 306 g/mol. The number of rotatable bonds is 2. The zero-order valence-electron chi connectivity index (χ0n) is 16.0. The van der Waals surface area contributed by atoms with Gasteiger partial charge in [-0.25, -0.2) is 0 Å². The Kier molecular flexibility index (Phi) is 4.12. The molecule has 0 aliphatic carbocycles. The van der Waals surface area contributed by atoms with Crippen molar-refractivity contribution in [2.75, 3.05) is 0 Å². The molecule has 1 nitrogen and oxygen atoms in total. The molecular formula is C22H28NSi+. The van der Waals surface area contributed by atoms with Crippen molar-refractivity contribution < 1.29 is 4.57 Å². The lowest BCUT2D eigenvalue weighted by molar-refractivity contribution is -0.633. The van der Waals surface area contributed by atoms with Crippen molar-refractivity contribution in [2.45, 2.75) is 40.4 Å². The second-order valence-corrected chi connectivity index (χ2v) is 13.1. The first-order valence-corrected chi connectivity index (χ1v) is 12.2. The lowest BCUT2D eigenvalue weighted by atomic mass is 9.97. The maximum atomic E-state index is 2.45. The van der Waals surface area contributed by atoms with Gasteiger partial charge in [0.05, 0.1) is 8.07 Å². The minimum atomic E-state index is -1.44. The molecule has 0 radical (unpaired) electrons. The third-order valence-corrected chi connectivity index (χ3v) is 7.12. The SMILES string of the molecule is Cc1cc(C)c(C)c(-c2cc([Si](C)(C)C)c3ccccc3[n+]2C)c1. The first kappa shape index (κ1) is 16.9. The van der Waals surface area contributed by atoms with E-state index in [9.17, 15) is 0 Å². The third-order valence-electron chi connectivity index (χ3n) is 5.09. The average molecular weight is 335 g/mol. The molecule has 0 aliphatic heterocycles. The summed E-state index contributed by atoms with van der Waals surface area (Å²) in [6, 6.07) is 15.9. The van der Waals surface area contributed by atoms with Gasteiger partial charge in [-0.2, -0.15) is 4.57 Å². The Morgan fingerprint density at radius 1 is 0.875 bits per heavy atom. The molecule has 0 N–H and O–H groups in total. The molecule has 0 atom stereocenters. The van der Waals surface area contributed by atoms with Gasteiger partial charge in [0.1, 0.15) is 7.05 Å². The van der Waals surface area contributed by atoms with Crippen LogP contribution in [0.1, 0.15) is 16.7 Å². The van der Waals surface area contributed by atoms with Gasteiger partial charge in [0.2, 0.25) is 11.2 Å². The van der Waals surface area contributed by atoms with E-state index < -0.39 is 8.07 Å². The highest BCUT2D eigenvalue weighted by Crippen LogP contribution is 2.26. The van der Waals surface area contributed by atoms with Gasteiger partial charge in [-0.15, -0.1) is 0 Å². The summed E-state index contributed by atoms with van der Waals surface area (Å²) < 4.78 is 2.36. The summed E-state index contributed by atoms with van der Waals surface area (Å²) >= 11 is 0. The second kappa shape index (κ2) is 5.85. The molecule has 0 bridgehead atoms. The molecule has 0 unspecified atom stereocenters. The monoisotopic (exact) mass is 334 g/mol. The molecule has 2 heteroatoms.